The molecule has 5 nitrogen and oxygen atoms in total. The van der Waals surface area contributed by atoms with Crippen LogP contribution in [0.25, 0.3) is 11.3 Å². The number of benzene rings is 1. The average molecular weight is 269 g/mol. The highest BCUT2D eigenvalue weighted by Gasteiger charge is 2.18. The van der Waals surface area contributed by atoms with Gasteiger partial charge < -0.3 is 14.5 Å². The zero-order valence-electron chi connectivity index (χ0n) is 11.4. The van der Waals surface area contributed by atoms with Gasteiger partial charge in [-0.3, -0.25) is 0 Å². The molecule has 1 aromatic heterocycles. The molecule has 2 heterocycles. The van der Waals surface area contributed by atoms with E-state index in [1.54, 1.807) is 6.20 Å². The molecule has 2 aromatic rings. The van der Waals surface area contributed by atoms with Crippen molar-refractivity contribution >= 4 is 0 Å². The molecule has 5 heteroatoms. The zero-order chi connectivity index (χ0) is 14.1. The normalized spacial score (nSPS) is 14.1. The number of aromatic amines is 1. The van der Waals surface area contributed by atoms with Crippen LogP contribution in [0, 0.1) is 18.3 Å². The maximum atomic E-state index is 9.09. The second-order valence-electron chi connectivity index (χ2n) is 4.79. The van der Waals surface area contributed by atoms with Crippen LogP contribution in [-0.4, -0.2) is 16.8 Å². The number of H-pyrrole nitrogens is 1. The van der Waals surface area contributed by atoms with Gasteiger partial charge in [-0.1, -0.05) is 6.92 Å². The number of imidazole rings is 1. The van der Waals surface area contributed by atoms with E-state index in [2.05, 4.69) is 16.0 Å². The first-order valence-electron chi connectivity index (χ1n) is 6.58. The lowest BCUT2D eigenvalue weighted by molar-refractivity contribution is 0.174. The number of ether oxygens (including phenoxy) is 2. The van der Waals surface area contributed by atoms with Gasteiger partial charge in [0.1, 0.15) is 11.7 Å². The van der Waals surface area contributed by atoms with Crippen LogP contribution in [0.5, 0.6) is 11.5 Å². The summed E-state index contributed by atoms with van der Waals surface area (Å²) in [5.41, 5.74) is 2.99. The molecular formula is C15H15N3O2. The van der Waals surface area contributed by atoms with Gasteiger partial charge in [0.2, 0.25) is 6.79 Å². The number of hydrogen-bond donors (Lipinski definition) is 1. The summed E-state index contributed by atoms with van der Waals surface area (Å²) < 4.78 is 10.8. The average Bonchev–Trinajstić information content (AvgIpc) is 3.07. The standard InChI is InChI=1S/C15H15N3O2/c1-3-10(6-16)15-17-7-12(18-15)11-5-14-13(4-9(11)2)19-8-20-14/h4-5,7,10H,3,8H2,1-2H3,(H,17,18). The monoisotopic (exact) mass is 269 g/mol. The minimum absolute atomic E-state index is 0.196. The van der Waals surface area contributed by atoms with Gasteiger partial charge in [0.25, 0.3) is 0 Å². The largest absolute Gasteiger partial charge is 0.454 e. The lowest BCUT2D eigenvalue weighted by Gasteiger charge is -2.06. The molecule has 0 fully saturated rings. The SMILES string of the molecule is CCC(C#N)c1ncc(-c2cc3c(cc2C)OCO3)[nH]1. The summed E-state index contributed by atoms with van der Waals surface area (Å²) in [5, 5.41) is 9.09. The highest BCUT2D eigenvalue weighted by Crippen LogP contribution is 2.38. The molecule has 1 aliphatic rings. The molecule has 0 bridgehead atoms. The van der Waals surface area contributed by atoms with E-state index in [1.165, 1.54) is 0 Å². The molecule has 0 spiro atoms. The van der Waals surface area contributed by atoms with Crippen LogP contribution in [0.2, 0.25) is 0 Å². The molecule has 0 saturated heterocycles. The fourth-order valence-electron chi connectivity index (χ4n) is 2.33. The van der Waals surface area contributed by atoms with Crippen LogP contribution in [0.3, 0.4) is 0 Å². The van der Waals surface area contributed by atoms with Gasteiger partial charge in [0, 0.05) is 5.56 Å². The van der Waals surface area contributed by atoms with Gasteiger partial charge in [0.15, 0.2) is 11.5 Å². The van der Waals surface area contributed by atoms with Gasteiger partial charge in [-0.25, -0.2) is 4.98 Å². The molecule has 1 atom stereocenters. The summed E-state index contributed by atoms with van der Waals surface area (Å²) >= 11 is 0. The van der Waals surface area contributed by atoms with Crippen LogP contribution >= 0.6 is 0 Å². The Kier molecular flexibility index (Phi) is 3.07. The molecule has 1 unspecified atom stereocenters. The molecule has 102 valence electrons. The topological polar surface area (TPSA) is 70.9 Å². The summed E-state index contributed by atoms with van der Waals surface area (Å²) in [6.07, 6.45) is 2.50. The van der Waals surface area contributed by atoms with E-state index in [9.17, 15) is 0 Å². The second-order valence-corrected chi connectivity index (χ2v) is 4.79. The Balaban J connectivity index is 2.00. The van der Waals surface area contributed by atoms with E-state index in [1.807, 2.05) is 26.0 Å². The van der Waals surface area contributed by atoms with Gasteiger partial charge in [-0.05, 0) is 31.0 Å². The van der Waals surface area contributed by atoms with Gasteiger partial charge >= 0.3 is 0 Å². The van der Waals surface area contributed by atoms with E-state index in [-0.39, 0.29) is 12.7 Å². The fraction of sp³-hybridized carbons (Fsp3) is 0.333. The lowest BCUT2D eigenvalue weighted by Crippen LogP contribution is -1.96. The highest BCUT2D eigenvalue weighted by atomic mass is 16.7. The van der Waals surface area contributed by atoms with Crippen molar-refractivity contribution in [1.82, 2.24) is 9.97 Å². The third kappa shape index (κ3) is 1.99. The summed E-state index contributed by atoms with van der Waals surface area (Å²) in [6.45, 7) is 4.25. The summed E-state index contributed by atoms with van der Waals surface area (Å²) in [6, 6.07) is 6.16. The first-order valence-corrected chi connectivity index (χ1v) is 6.58. The van der Waals surface area contributed by atoms with Crippen molar-refractivity contribution in [3.63, 3.8) is 0 Å². The molecule has 0 amide bonds. The molecule has 20 heavy (non-hydrogen) atoms. The fourth-order valence-corrected chi connectivity index (χ4v) is 2.33. The van der Waals surface area contributed by atoms with Crippen LogP contribution in [0.4, 0.5) is 0 Å². The van der Waals surface area contributed by atoms with Crippen LogP contribution < -0.4 is 9.47 Å². The third-order valence-corrected chi connectivity index (χ3v) is 3.50. The van der Waals surface area contributed by atoms with Crippen molar-refractivity contribution in [2.45, 2.75) is 26.2 Å². The number of rotatable bonds is 3. The Bertz CT molecular complexity index is 685. The number of aryl methyl sites for hydroxylation is 1. The summed E-state index contributed by atoms with van der Waals surface area (Å²) in [5.74, 6) is 2.03. The summed E-state index contributed by atoms with van der Waals surface area (Å²) in [7, 11) is 0. The number of nitrogens with one attached hydrogen (secondary N) is 1. The molecule has 0 saturated carbocycles. The predicted octanol–water partition coefficient (Wildman–Crippen LogP) is 3.13. The highest BCUT2D eigenvalue weighted by molar-refractivity contribution is 5.68. The molecule has 0 aliphatic carbocycles. The number of fused-ring (bicyclic) bond motifs is 1. The molecule has 3 rings (SSSR count). The minimum Gasteiger partial charge on any atom is -0.454 e. The van der Waals surface area contributed by atoms with E-state index in [0.717, 1.165) is 34.7 Å². The number of hydrogen-bond acceptors (Lipinski definition) is 4. The Hall–Kier alpha value is -2.48. The molecule has 0 radical (unpaired) electrons. The molecule has 1 N–H and O–H groups in total. The number of aromatic nitrogens is 2. The van der Waals surface area contributed by atoms with Crippen molar-refractivity contribution < 1.29 is 9.47 Å². The predicted molar refractivity (Wildman–Crippen MR) is 73.5 cm³/mol. The number of nitrogens with zero attached hydrogens (tertiary/aromatic N) is 2. The van der Waals surface area contributed by atoms with E-state index < -0.39 is 0 Å². The van der Waals surface area contributed by atoms with Crippen molar-refractivity contribution in [2.24, 2.45) is 0 Å². The van der Waals surface area contributed by atoms with Crippen LogP contribution in [-0.2, 0) is 0 Å². The smallest absolute Gasteiger partial charge is 0.231 e. The Morgan fingerprint density at radius 3 is 2.85 bits per heavy atom. The first-order chi connectivity index (χ1) is 9.72. The lowest BCUT2D eigenvalue weighted by atomic mass is 10.1. The van der Waals surface area contributed by atoms with E-state index >= 15 is 0 Å². The van der Waals surface area contributed by atoms with Gasteiger partial charge in [-0.15, -0.1) is 0 Å². The van der Waals surface area contributed by atoms with Crippen LogP contribution in [0.15, 0.2) is 18.3 Å². The maximum Gasteiger partial charge on any atom is 0.231 e. The van der Waals surface area contributed by atoms with Crippen molar-refractivity contribution in [3.05, 3.63) is 29.7 Å². The Labute approximate surface area is 117 Å². The molecular weight excluding hydrogens is 254 g/mol. The third-order valence-electron chi connectivity index (χ3n) is 3.50. The first kappa shape index (κ1) is 12.5. The summed E-state index contributed by atoms with van der Waals surface area (Å²) in [4.78, 5) is 7.55. The van der Waals surface area contributed by atoms with Crippen molar-refractivity contribution in [2.75, 3.05) is 6.79 Å². The quantitative estimate of drug-likeness (QED) is 0.929. The molecule has 1 aromatic carbocycles. The second kappa shape index (κ2) is 4.89. The maximum absolute atomic E-state index is 9.09. The van der Waals surface area contributed by atoms with E-state index in [0.29, 0.717) is 5.82 Å². The van der Waals surface area contributed by atoms with E-state index in [4.69, 9.17) is 14.7 Å². The van der Waals surface area contributed by atoms with Crippen molar-refractivity contribution in [3.8, 4) is 28.8 Å². The van der Waals surface area contributed by atoms with Crippen molar-refractivity contribution in [1.29, 1.82) is 5.26 Å². The van der Waals surface area contributed by atoms with Crippen LogP contribution in [0.1, 0.15) is 30.7 Å². The Morgan fingerprint density at radius 2 is 2.15 bits per heavy atom. The number of nitriles is 1. The minimum atomic E-state index is -0.196. The van der Waals surface area contributed by atoms with Gasteiger partial charge in [-0.2, -0.15) is 5.26 Å². The zero-order valence-corrected chi connectivity index (χ0v) is 11.4. The Morgan fingerprint density at radius 1 is 1.40 bits per heavy atom. The molecule has 1 aliphatic heterocycles. The van der Waals surface area contributed by atoms with Gasteiger partial charge in [0.05, 0.1) is 18.0 Å².